The number of terminal acetylenes is 1. The second kappa shape index (κ2) is 6.61. The van der Waals surface area contributed by atoms with E-state index in [-0.39, 0.29) is 22.6 Å². The molecule has 0 spiro atoms. The van der Waals surface area contributed by atoms with Crippen molar-refractivity contribution in [2.75, 3.05) is 0 Å². The summed E-state index contributed by atoms with van der Waals surface area (Å²) in [6.07, 6.45) is 5.34. The molecule has 0 aliphatic carbocycles. The van der Waals surface area contributed by atoms with Crippen LogP contribution < -0.4 is 4.80 Å². The summed E-state index contributed by atoms with van der Waals surface area (Å²) in [5.74, 6) is 0.388. The maximum atomic E-state index is 14.1. The van der Waals surface area contributed by atoms with Crippen LogP contribution >= 0.6 is 11.3 Å². The smallest absolute Gasteiger partial charge is 0.300 e. The SMILES string of the molecule is C#CCn1c(=NC(=O)c2cc(C)n(CC)n2)sc2cc(F)cc(F)c21. The maximum Gasteiger partial charge on any atom is 0.300 e. The van der Waals surface area contributed by atoms with Crippen molar-refractivity contribution in [3.63, 3.8) is 0 Å². The maximum absolute atomic E-state index is 14.1. The van der Waals surface area contributed by atoms with E-state index in [9.17, 15) is 13.6 Å². The van der Waals surface area contributed by atoms with Crippen LogP contribution in [-0.4, -0.2) is 20.3 Å². The number of nitrogens with zero attached hydrogens (tertiary/aromatic N) is 4. The minimum atomic E-state index is -0.749. The molecule has 0 aliphatic heterocycles. The summed E-state index contributed by atoms with van der Waals surface area (Å²) in [6, 6.07) is 3.60. The van der Waals surface area contributed by atoms with E-state index in [1.165, 1.54) is 10.6 Å². The monoisotopic (exact) mass is 360 g/mol. The van der Waals surface area contributed by atoms with Crippen molar-refractivity contribution in [3.8, 4) is 12.3 Å². The van der Waals surface area contributed by atoms with E-state index in [2.05, 4.69) is 16.0 Å². The number of halogens is 2. The van der Waals surface area contributed by atoms with Crippen molar-refractivity contribution in [3.05, 3.63) is 46.0 Å². The number of fused-ring (bicyclic) bond motifs is 1. The fourth-order valence-electron chi connectivity index (χ4n) is 2.53. The van der Waals surface area contributed by atoms with Crippen molar-refractivity contribution in [1.29, 1.82) is 0 Å². The molecule has 0 bridgehead atoms. The van der Waals surface area contributed by atoms with E-state index >= 15 is 0 Å². The molecule has 5 nitrogen and oxygen atoms in total. The number of benzene rings is 1. The van der Waals surface area contributed by atoms with Gasteiger partial charge < -0.3 is 4.57 Å². The molecule has 0 radical (unpaired) electrons. The van der Waals surface area contributed by atoms with Gasteiger partial charge >= 0.3 is 0 Å². The Balaban J connectivity index is 2.18. The van der Waals surface area contributed by atoms with Gasteiger partial charge in [0, 0.05) is 18.3 Å². The molecule has 128 valence electrons. The van der Waals surface area contributed by atoms with Crippen LogP contribution in [0.25, 0.3) is 10.2 Å². The first-order chi connectivity index (χ1) is 11.9. The zero-order valence-corrected chi connectivity index (χ0v) is 14.4. The van der Waals surface area contributed by atoms with Crippen LogP contribution in [0.15, 0.2) is 23.2 Å². The van der Waals surface area contributed by atoms with Crippen molar-refractivity contribution in [1.82, 2.24) is 14.3 Å². The van der Waals surface area contributed by atoms with Gasteiger partial charge in [-0.1, -0.05) is 17.3 Å². The summed E-state index contributed by atoms with van der Waals surface area (Å²) in [5.41, 5.74) is 1.16. The largest absolute Gasteiger partial charge is 0.302 e. The van der Waals surface area contributed by atoms with Crippen molar-refractivity contribution in [2.45, 2.75) is 26.9 Å². The van der Waals surface area contributed by atoms with E-state index in [1.54, 1.807) is 10.7 Å². The van der Waals surface area contributed by atoms with E-state index in [0.717, 1.165) is 23.1 Å². The lowest BCUT2D eigenvalue weighted by Gasteiger charge is -2.01. The van der Waals surface area contributed by atoms with Gasteiger partial charge in [0.25, 0.3) is 5.91 Å². The molecular formula is C17H14F2N4OS. The molecule has 3 rings (SSSR count). The number of aromatic nitrogens is 3. The molecule has 0 atom stereocenters. The first-order valence-electron chi connectivity index (χ1n) is 7.50. The fraction of sp³-hybridized carbons (Fsp3) is 0.235. The number of amides is 1. The number of carbonyl (C=O) groups excluding carboxylic acids is 1. The van der Waals surface area contributed by atoms with Crippen LogP contribution in [0.5, 0.6) is 0 Å². The third-order valence-electron chi connectivity index (χ3n) is 3.64. The Morgan fingerprint density at radius 1 is 1.40 bits per heavy atom. The minimum Gasteiger partial charge on any atom is -0.302 e. The molecule has 0 N–H and O–H groups in total. The van der Waals surface area contributed by atoms with Gasteiger partial charge in [-0.3, -0.25) is 9.48 Å². The molecule has 0 aliphatic rings. The van der Waals surface area contributed by atoms with Gasteiger partial charge in [-0.05, 0) is 26.0 Å². The van der Waals surface area contributed by atoms with E-state index in [4.69, 9.17) is 6.42 Å². The average Bonchev–Trinajstić information content (AvgIpc) is 3.08. The molecule has 1 aromatic carbocycles. The van der Waals surface area contributed by atoms with Crippen molar-refractivity contribution >= 4 is 27.5 Å². The van der Waals surface area contributed by atoms with Crippen LogP contribution in [0, 0.1) is 30.9 Å². The molecule has 3 aromatic rings. The molecular weight excluding hydrogens is 346 g/mol. The standard InChI is InChI=1S/C17H14F2N4OS/c1-4-6-22-15-12(19)8-11(18)9-14(15)25-17(22)20-16(24)13-7-10(3)23(5-2)21-13/h1,7-9H,5-6H2,2-3H3. The molecule has 1 amide bonds. The Labute approximate surface area is 146 Å². The summed E-state index contributed by atoms with van der Waals surface area (Å²) in [4.78, 5) is 16.6. The molecule has 2 heterocycles. The highest BCUT2D eigenvalue weighted by Gasteiger charge is 2.15. The van der Waals surface area contributed by atoms with Crippen LogP contribution in [0.4, 0.5) is 8.78 Å². The molecule has 25 heavy (non-hydrogen) atoms. The van der Waals surface area contributed by atoms with Crippen LogP contribution in [0.3, 0.4) is 0 Å². The Morgan fingerprint density at radius 2 is 2.16 bits per heavy atom. The van der Waals surface area contributed by atoms with Gasteiger partial charge in [0.2, 0.25) is 0 Å². The Kier molecular flexibility index (Phi) is 4.51. The predicted octanol–water partition coefficient (Wildman–Crippen LogP) is 2.88. The first kappa shape index (κ1) is 17.0. The molecule has 0 saturated carbocycles. The quantitative estimate of drug-likeness (QED) is 0.675. The first-order valence-corrected chi connectivity index (χ1v) is 8.31. The average molecular weight is 360 g/mol. The van der Waals surface area contributed by atoms with Gasteiger partial charge in [0.05, 0.1) is 16.8 Å². The van der Waals surface area contributed by atoms with Crippen LogP contribution in [0.1, 0.15) is 23.1 Å². The number of hydrogen-bond acceptors (Lipinski definition) is 3. The number of hydrogen-bond donors (Lipinski definition) is 0. The van der Waals surface area contributed by atoms with Crippen molar-refractivity contribution < 1.29 is 13.6 Å². The van der Waals surface area contributed by atoms with E-state index < -0.39 is 17.5 Å². The number of aryl methyl sites for hydroxylation is 2. The summed E-state index contributed by atoms with van der Waals surface area (Å²) in [6.45, 7) is 4.39. The molecule has 2 aromatic heterocycles. The number of rotatable bonds is 3. The Morgan fingerprint density at radius 3 is 2.80 bits per heavy atom. The topological polar surface area (TPSA) is 52.2 Å². The van der Waals surface area contributed by atoms with Crippen LogP contribution in [0.2, 0.25) is 0 Å². The summed E-state index contributed by atoms with van der Waals surface area (Å²) < 4.78 is 31.0. The fourth-order valence-corrected chi connectivity index (χ4v) is 3.60. The highest BCUT2D eigenvalue weighted by Crippen LogP contribution is 2.22. The molecule has 0 unspecified atom stereocenters. The van der Waals surface area contributed by atoms with Gasteiger partial charge in [-0.25, -0.2) is 8.78 Å². The summed E-state index contributed by atoms with van der Waals surface area (Å²) in [5, 5.41) is 4.18. The molecule has 0 saturated heterocycles. The molecule has 8 heteroatoms. The number of thiazole rings is 1. The highest BCUT2D eigenvalue weighted by molar-refractivity contribution is 7.16. The lowest BCUT2D eigenvalue weighted by atomic mass is 10.3. The molecule has 0 fully saturated rings. The Hall–Kier alpha value is -2.79. The highest BCUT2D eigenvalue weighted by atomic mass is 32.1. The van der Waals surface area contributed by atoms with Gasteiger partial charge in [-0.15, -0.1) is 6.42 Å². The second-order valence-electron chi connectivity index (χ2n) is 5.31. The van der Waals surface area contributed by atoms with E-state index in [0.29, 0.717) is 11.2 Å². The van der Waals surface area contributed by atoms with Crippen molar-refractivity contribution in [2.24, 2.45) is 4.99 Å². The van der Waals surface area contributed by atoms with Gasteiger partial charge in [-0.2, -0.15) is 10.1 Å². The van der Waals surface area contributed by atoms with Crippen LogP contribution in [-0.2, 0) is 13.1 Å². The minimum absolute atomic E-state index is 0.0110. The normalized spacial score (nSPS) is 11.9. The van der Waals surface area contributed by atoms with Gasteiger partial charge in [0.15, 0.2) is 16.3 Å². The predicted molar refractivity (Wildman–Crippen MR) is 91.1 cm³/mol. The third-order valence-corrected chi connectivity index (χ3v) is 4.67. The Bertz CT molecular complexity index is 1080. The van der Waals surface area contributed by atoms with E-state index in [1.807, 2.05) is 13.8 Å². The zero-order chi connectivity index (χ0) is 18.1. The lowest BCUT2D eigenvalue weighted by Crippen LogP contribution is -2.17. The second-order valence-corrected chi connectivity index (χ2v) is 6.32. The summed E-state index contributed by atoms with van der Waals surface area (Å²) in [7, 11) is 0. The third kappa shape index (κ3) is 3.10. The zero-order valence-electron chi connectivity index (χ0n) is 13.6. The number of carbonyl (C=O) groups is 1. The van der Waals surface area contributed by atoms with Gasteiger partial charge in [0.1, 0.15) is 5.82 Å². The summed E-state index contributed by atoms with van der Waals surface area (Å²) >= 11 is 0.997. The lowest BCUT2D eigenvalue weighted by molar-refractivity contribution is 0.0992.